The van der Waals surface area contributed by atoms with Crippen molar-refractivity contribution in [3.8, 4) is 11.6 Å². The number of furan rings is 1. The normalized spacial score (nSPS) is 10.6. The number of hydrogen-bond acceptors (Lipinski definition) is 3. The third kappa shape index (κ3) is 2.30. The third-order valence-electron chi connectivity index (χ3n) is 1.89. The zero-order chi connectivity index (χ0) is 10.8. The molecule has 15 heavy (non-hydrogen) atoms. The number of rotatable bonds is 2. The van der Waals surface area contributed by atoms with Crippen molar-refractivity contribution in [3.05, 3.63) is 34.3 Å². The van der Waals surface area contributed by atoms with Crippen LogP contribution in [-0.2, 0) is 6.42 Å². The lowest BCUT2D eigenvalue weighted by Crippen LogP contribution is -1.88. The third-order valence-corrected chi connectivity index (χ3v) is 2.28. The van der Waals surface area contributed by atoms with Crippen molar-refractivity contribution in [1.29, 1.82) is 0 Å². The molecule has 2 aromatic rings. The number of aryl methyl sites for hydroxylation is 1. The maximum Gasteiger partial charge on any atom is 0.198 e. The minimum absolute atomic E-state index is 0.305. The molecule has 0 radical (unpaired) electrons. The summed E-state index contributed by atoms with van der Waals surface area (Å²) in [6, 6.07) is 5.17. The molecule has 0 fully saturated rings. The van der Waals surface area contributed by atoms with Gasteiger partial charge in [0.15, 0.2) is 11.6 Å². The van der Waals surface area contributed by atoms with E-state index in [1.807, 2.05) is 13.0 Å². The molecule has 0 bridgehead atoms. The largest absolute Gasteiger partial charge is 0.458 e. The summed E-state index contributed by atoms with van der Waals surface area (Å²) in [6.45, 7) is 2.01. The highest BCUT2D eigenvalue weighted by molar-refractivity contribution is 6.33. The van der Waals surface area contributed by atoms with Crippen molar-refractivity contribution in [2.24, 2.45) is 0 Å². The van der Waals surface area contributed by atoms with Gasteiger partial charge in [0.1, 0.15) is 16.1 Å². The highest BCUT2D eigenvalue weighted by atomic mass is 35.5. The van der Waals surface area contributed by atoms with Crippen molar-refractivity contribution >= 4 is 23.2 Å². The molecule has 2 heterocycles. The summed E-state index contributed by atoms with van der Waals surface area (Å²) in [4.78, 5) is 8.06. The van der Waals surface area contributed by atoms with Crippen LogP contribution in [0.25, 0.3) is 11.6 Å². The van der Waals surface area contributed by atoms with Crippen molar-refractivity contribution < 1.29 is 4.42 Å². The van der Waals surface area contributed by atoms with Crippen LogP contribution in [-0.4, -0.2) is 9.97 Å². The van der Waals surface area contributed by atoms with Gasteiger partial charge in [-0.05, 0) is 12.1 Å². The monoisotopic (exact) mass is 242 g/mol. The SMILES string of the molecule is CCc1ccc(-c2nc(Cl)cc(Cl)n2)o1. The second-order valence-corrected chi connectivity index (χ2v) is 3.73. The van der Waals surface area contributed by atoms with Gasteiger partial charge in [-0.2, -0.15) is 0 Å². The Hall–Kier alpha value is -1.06. The molecule has 0 aliphatic rings. The van der Waals surface area contributed by atoms with Crippen LogP contribution in [0, 0.1) is 0 Å². The Labute approximate surface area is 97.1 Å². The lowest BCUT2D eigenvalue weighted by molar-refractivity contribution is 0.525. The molecule has 5 heteroatoms. The van der Waals surface area contributed by atoms with Gasteiger partial charge < -0.3 is 4.42 Å². The summed E-state index contributed by atoms with van der Waals surface area (Å²) in [5, 5.41) is 0.610. The van der Waals surface area contributed by atoms with Gasteiger partial charge in [-0.1, -0.05) is 30.1 Å². The summed E-state index contributed by atoms with van der Waals surface area (Å²) in [5.74, 6) is 1.87. The minimum atomic E-state index is 0.305. The molecule has 0 saturated carbocycles. The van der Waals surface area contributed by atoms with Gasteiger partial charge >= 0.3 is 0 Å². The summed E-state index contributed by atoms with van der Waals surface area (Å²) >= 11 is 11.5. The number of nitrogens with zero attached hydrogens (tertiary/aromatic N) is 2. The van der Waals surface area contributed by atoms with E-state index in [1.54, 1.807) is 6.07 Å². The molecule has 0 saturated heterocycles. The Balaban J connectivity index is 2.44. The summed E-state index contributed by atoms with van der Waals surface area (Å²) in [6.07, 6.45) is 0.828. The van der Waals surface area contributed by atoms with Crippen molar-refractivity contribution in [2.75, 3.05) is 0 Å². The molecule has 0 aromatic carbocycles. The maximum absolute atomic E-state index is 5.76. The smallest absolute Gasteiger partial charge is 0.198 e. The highest BCUT2D eigenvalue weighted by Crippen LogP contribution is 2.22. The molecule has 0 N–H and O–H groups in total. The molecule has 0 atom stereocenters. The van der Waals surface area contributed by atoms with E-state index in [4.69, 9.17) is 27.6 Å². The molecule has 0 aliphatic carbocycles. The van der Waals surface area contributed by atoms with Crippen LogP contribution < -0.4 is 0 Å². The Morgan fingerprint density at radius 1 is 1.20 bits per heavy atom. The topological polar surface area (TPSA) is 38.9 Å². The quantitative estimate of drug-likeness (QED) is 0.756. The second kappa shape index (κ2) is 4.21. The van der Waals surface area contributed by atoms with Crippen molar-refractivity contribution in [3.63, 3.8) is 0 Å². The molecular formula is C10H8Cl2N2O. The number of aromatic nitrogens is 2. The fourth-order valence-electron chi connectivity index (χ4n) is 1.19. The lowest BCUT2D eigenvalue weighted by atomic mass is 10.3. The van der Waals surface area contributed by atoms with Crippen LogP contribution in [0.2, 0.25) is 10.3 Å². The molecular weight excluding hydrogens is 235 g/mol. The first-order valence-electron chi connectivity index (χ1n) is 4.48. The molecule has 0 unspecified atom stereocenters. The van der Waals surface area contributed by atoms with E-state index < -0.39 is 0 Å². The molecule has 0 amide bonds. The highest BCUT2D eigenvalue weighted by Gasteiger charge is 2.08. The zero-order valence-electron chi connectivity index (χ0n) is 8.00. The average Bonchev–Trinajstić information content (AvgIpc) is 2.64. The first kappa shape index (κ1) is 10.5. The van der Waals surface area contributed by atoms with Crippen LogP contribution in [0.3, 0.4) is 0 Å². The molecule has 2 rings (SSSR count). The maximum atomic E-state index is 5.76. The number of hydrogen-bond donors (Lipinski definition) is 0. The van der Waals surface area contributed by atoms with Crippen molar-refractivity contribution in [2.45, 2.75) is 13.3 Å². The van der Waals surface area contributed by atoms with Gasteiger partial charge in [0.2, 0.25) is 0 Å². The van der Waals surface area contributed by atoms with E-state index in [2.05, 4.69) is 9.97 Å². The zero-order valence-corrected chi connectivity index (χ0v) is 9.51. The average molecular weight is 243 g/mol. The molecule has 78 valence electrons. The van der Waals surface area contributed by atoms with Crippen LogP contribution in [0.4, 0.5) is 0 Å². The first-order valence-corrected chi connectivity index (χ1v) is 5.24. The predicted molar refractivity (Wildman–Crippen MR) is 59.1 cm³/mol. The standard InChI is InChI=1S/C10H8Cl2N2O/c1-2-6-3-4-7(15-6)10-13-8(11)5-9(12)14-10/h3-5H,2H2,1H3. The lowest BCUT2D eigenvalue weighted by Gasteiger charge is -1.97. The van der Waals surface area contributed by atoms with E-state index in [1.165, 1.54) is 6.07 Å². The minimum Gasteiger partial charge on any atom is -0.458 e. The van der Waals surface area contributed by atoms with Crippen LogP contribution in [0.15, 0.2) is 22.6 Å². The Morgan fingerprint density at radius 2 is 1.87 bits per heavy atom. The molecule has 0 aliphatic heterocycles. The van der Waals surface area contributed by atoms with Gasteiger partial charge in [0.05, 0.1) is 0 Å². The van der Waals surface area contributed by atoms with Gasteiger partial charge in [-0.3, -0.25) is 0 Å². The van der Waals surface area contributed by atoms with Gasteiger partial charge in [-0.15, -0.1) is 0 Å². The van der Waals surface area contributed by atoms with E-state index in [9.17, 15) is 0 Å². The summed E-state index contributed by atoms with van der Waals surface area (Å²) in [7, 11) is 0. The second-order valence-electron chi connectivity index (χ2n) is 2.96. The van der Waals surface area contributed by atoms with Crippen molar-refractivity contribution in [1.82, 2.24) is 9.97 Å². The summed E-state index contributed by atoms with van der Waals surface area (Å²) < 4.78 is 5.49. The molecule has 3 nitrogen and oxygen atoms in total. The fraction of sp³-hybridized carbons (Fsp3) is 0.200. The van der Waals surface area contributed by atoms with E-state index in [0.717, 1.165) is 12.2 Å². The Morgan fingerprint density at radius 3 is 2.40 bits per heavy atom. The Kier molecular flexibility index (Phi) is 2.93. The molecule has 0 spiro atoms. The van der Waals surface area contributed by atoms with Gasteiger partial charge in [-0.25, -0.2) is 9.97 Å². The first-order chi connectivity index (χ1) is 7.19. The van der Waals surface area contributed by atoms with Gasteiger partial charge in [0, 0.05) is 12.5 Å². The molecule has 2 aromatic heterocycles. The number of halogens is 2. The van der Waals surface area contributed by atoms with E-state index in [-0.39, 0.29) is 0 Å². The predicted octanol–water partition coefficient (Wildman–Crippen LogP) is 3.61. The van der Waals surface area contributed by atoms with Crippen LogP contribution >= 0.6 is 23.2 Å². The fourth-order valence-corrected chi connectivity index (χ4v) is 1.61. The van der Waals surface area contributed by atoms with Crippen LogP contribution in [0.1, 0.15) is 12.7 Å². The Bertz CT molecular complexity index is 462. The van der Waals surface area contributed by atoms with Crippen LogP contribution in [0.5, 0.6) is 0 Å². The van der Waals surface area contributed by atoms with E-state index in [0.29, 0.717) is 21.9 Å². The van der Waals surface area contributed by atoms with E-state index >= 15 is 0 Å². The summed E-state index contributed by atoms with van der Waals surface area (Å²) in [5.41, 5.74) is 0. The van der Waals surface area contributed by atoms with Gasteiger partial charge in [0.25, 0.3) is 0 Å².